The van der Waals surface area contributed by atoms with E-state index in [2.05, 4.69) is 36.1 Å². The number of oxime groups is 1. The first-order valence-corrected chi connectivity index (χ1v) is 12.5. The number of aliphatic carboxylic acids is 1. The molecule has 17 heteroatoms. The minimum Gasteiger partial charge on any atom is -0.478 e. The zero-order valence-corrected chi connectivity index (χ0v) is 20.3. The molecule has 0 spiro atoms. The summed E-state index contributed by atoms with van der Waals surface area (Å²) < 4.78 is 13.0. The lowest BCUT2D eigenvalue weighted by Crippen LogP contribution is -2.73. The van der Waals surface area contributed by atoms with Gasteiger partial charge in [-0.05, 0) is 31.1 Å². The number of carbonyl (C=O) groups excluding carboxylic acids is 2. The number of nitrogens with two attached hydrogens (primary N) is 1. The van der Waals surface area contributed by atoms with Crippen LogP contribution in [0, 0.1) is 0 Å². The van der Waals surface area contributed by atoms with Crippen LogP contribution in [-0.2, 0) is 30.0 Å². The van der Waals surface area contributed by atoms with E-state index in [0.29, 0.717) is 12.1 Å². The van der Waals surface area contributed by atoms with E-state index in [9.17, 15) is 23.7 Å². The molecule has 35 heavy (non-hydrogen) atoms. The van der Waals surface area contributed by atoms with E-state index in [0.717, 1.165) is 16.9 Å². The molecule has 2 aliphatic rings. The van der Waals surface area contributed by atoms with Gasteiger partial charge in [-0.25, -0.2) is 9.78 Å². The topological polar surface area (TPSA) is 219 Å². The van der Waals surface area contributed by atoms with Gasteiger partial charge in [0.1, 0.15) is 17.1 Å². The third-order valence-corrected chi connectivity index (χ3v) is 7.66. The van der Waals surface area contributed by atoms with E-state index in [-0.39, 0.29) is 28.1 Å². The third-order valence-electron chi connectivity index (χ3n) is 5.34. The van der Waals surface area contributed by atoms with Gasteiger partial charge in [0.2, 0.25) is 11.4 Å². The Morgan fingerprint density at radius 3 is 2.80 bits per heavy atom. The van der Waals surface area contributed by atoms with Crippen LogP contribution < -0.4 is 11.1 Å². The molecular weight excluding hydrogens is 502 g/mol. The third kappa shape index (κ3) is 4.39. The predicted molar refractivity (Wildman–Crippen MR) is 123 cm³/mol. The van der Waals surface area contributed by atoms with Crippen LogP contribution in [0.3, 0.4) is 0 Å². The van der Waals surface area contributed by atoms with Gasteiger partial charge in [-0.15, -0.1) is 21.5 Å². The van der Waals surface area contributed by atoms with Crippen LogP contribution >= 0.6 is 11.3 Å². The Kier molecular flexibility index (Phi) is 6.37. The molecule has 186 valence electrons. The molecule has 2 aromatic rings. The lowest BCUT2D eigenvalue weighted by atomic mass is 10.0. The quantitative estimate of drug-likeness (QED) is 0.188. The number of aromatic nitrogens is 5. The average molecular weight is 524 g/mol. The van der Waals surface area contributed by atoms with Crippen molar-refractivity contribution in [2.24, 2.45) is 5.16 Å². The van der Waals surface area contributed by atoms with E-state index in [1.807, 2.05) is 6.92 Å². The molecule has 1 unspecified atom stereocenters. The highest BCUT2D eigenvalue weighted by atomic mass is 32.2. The summed E-state index contributed by atoms with van der Waals surface area (Å²) in [5, 5.41) is 30.0. The Balaban J connectivity index is 1.61. The van der Waals surface area contributed by atoms with Gasteiger partial charge < -0.3 is 21.0 Å². The first-order valence-electron chi connectivity index (χ1n) is 10.2. The summed E-state index contributed by atoms with van der Waals surface area (Å²) in [6, 6.07) is -1.14. The van der Waals surface area contributed by atoms with Gasteiger partial charge >= 0.3 is 5.97 Å². The number of hydrogen-bond donors (Lipinski definition) is 4. The van der Waals surface area contributed by atoms with Crippen molar-refractivity contribution in [1.29, 1.82) is 0 Å². The van der Waals surface area contributed by atoms with Gasteiger partial charge in [0.15, 0.2) is 10.8 Å². The normalized spacial score (nSPS) is 22.5. The van der Waals surface area contributed by atoms with Gasteiger partial charge in [0, 0.05) is 11.1 Å². The Hall–Kier alpha value is -3.73. The number of nitrogens with zero attached hydrogens (tertiary/aromatic N) is 6. The number of β-lactam (4-membered cyclic amide) rings is 1. The highest BCUT2D eigenvalue weighted by Crippen LogP contribution is 2.39. The van der Waals surface area contributed by atoms with Crippen molar-refractivity contribution >= 4 is 56.5 Å². The lowest BCUT2D eigenvalue weighted by molar-refractivity contribution is -0.161. The van der Waals surface area contributed by atoms with Crippen LogP contribution in [-0.4, -0.2) is 86.1 Å². The maximum Gasteiger partial charge on any atom is 0.350 e. The minimum absolute atomic E-state index is 0.0280. The van der Waals surface area contributed by atoms with Crippen LogP contribution in [0.4, 0.5) is 5.13 Å². The second kappa shape index (κ2) is 9.14. The molecule has 0 aliphatic carbocycles. The molecule has 2 aliphatic heterocycles. The van der Waals surface area contributed by atoms with Gasteiger partial charge in [-0.3, -0.25) is 18.7 Å². The van der Waals surface area contributed by atoms with Crippen molar-refractivity contribution in [3.05, 3.63) is 22.5 Å². The zero-order valence-electron chi connectivity index (χ0n) is 18.7. The van der Waals surface area contributed by atoms with E-state index in [1.54, 1.807) is 0 Å². The maximum atomic E-state index is 13.1. The highest BCUT2D eigenvalue weighted by Gasteiger charge is 2.56. The minimum atomic E-state index is -1.75. The SMILES string of the molecule is CCC1=C(c2nn[nH]n2)N2C(=O)[C@@H](NC(=O)/C(=N\OC(C)(C)C(=O)O)c3csc(N)n3)[C@H]2S(=O)C1. The molecule has 3 atom stereocenters. The van der Waals surface area contributed by atoms with Crippen LogP contribution in [0.15, 0.2) is 16.1 Å². The summed E-state index contributed by atoms with van der Waals surface area (Å²) >= 11 is 1.03. The molecular formula is C18H21N9O6S2. The average Bonchev–Trinajstić information content (AvgIpc) is 3.48. The molecule has 2 aromatic heterocycles. The number of aromatic amines is 1. The number of nitrogen functional groups attached to an aromatic ring is 1. The van der Waals surface area contributed by atoms with E-state index in [4.69, 9.17) is 10.6 Å². The fraction of sp³-hybridized carbons (Fsp3) is 0.444. The molecule has 1 fully saturated rings. The Morgan fingerprint density at radius 1 is 1.49 bits per heavy atom. The van der Waals surface area contributed by atoms with Gasteiger partial charge in [-0.2, -0.15) is 5.21 Å². The van der Waals surface area contributed by atoms with Crippen molar-refractivity contribution in [3.63, 3.8) is 0 Å². The molecule has 2 amide bonds. The number of hydrogen-bond acceptors (Lipinski definition) is 12. The molecule has 0 bridgehead atoms. The summed E-state index contributed by atoms with van der Waals surface area (Å²) in [4.78, 5) is 48.0. The van der Waals surface area contributed by atoms with Crippen LogP contribution in [0.25, 0.3) is 5.70 Å². The number of anilines is 1. The predicted octanol–water partition coefficient (Wildman–Crippen LogP) is -0.941. The molecule has 4 heterocycles. The Labute approximate surface area is 204 Å². The molecule has 4 rings (SSSR count). The van der Waals surface area contributed by atoms with Crippen LogP contribution in [0.2, 0.25) is 0 Å². The number of tetrazole rings is 1. The summed E-state index contributed by atoms with van der Waals surface area (Å²) in [5.41, 5.74) is 4.69. The maximum absolute atomic E-state index is 13.1. The van der Waals surface area contributed by atoms with E-state index >= 15 is 0 Å². The standard InChI is InChI=1S/C18H21N9O6S2/c1-4-7-6-35(32)15-10(14(29)27(15)11(7)12-22-25-26-23-12)21-13(28)9(8-5-34-17(19)20-8)24-33-18(2,3)16(30)31/h5,10,15H,4,6H2,1-3H3,(H2,19,20)(H,21,28)(H,30,31)(H,22,23,25,26)/b24-9-/t10-,15-,35?/m1/s1. The molecule has 0 saturated carbocycles. The van der Waals surface area contributed by atoms with Gasteiger partial charge in [-0.1, -0.05) is 12.1 Å². The number of rotatable bonds is 8. The lowest BCUT2D eigenvalue weighted by Gasteiger charge is -2.49. The second-order valence-corrected chi connectivity index (χ2v) is 10.5. The van der Waals surface area contributed by atoms with Crippen LogP contribution in [0.1, 0.15) is 38.7 Å². The number of carboxylic acids is 1. The van der Waals surface area contributed by atoms with Crippen molar-refractivity contribution in [3.8, 4) is 0 Å². The van der Waals surface area contributed by atoms with Gasteiger partial charge in [0.25, 0.3) is 11.8 Å². The summed E-state index contributed by atoms with van der Waals surface area (Å²) in [5.74, 6) is -2.36. The number of amides is 2. The molecule has 5 N–H and O–H groups in total. The number of thiazole rings is 1. The van der Waals surface area contributed by atoms with Crippen molar-refractivity contribution in [1.82, 2.24) is 35.8 Å². The second-order valence-electron chi connectivity index (χ2n) is 8.03. The first kappa shape index (κ1) is 24.4. The number of carbonyl (C=O) groups is 3. The van der Waals surface area contributed by atoms with Crippen LogP contribution in [0.5, 0.6) is 0 Å². The van der Waals surface area contributed by atoms with Crippen molar-refractivity contribution < 1.29 is 28.5 Å². The summed E-state index contributed by atoms with van der Waals surface area (Å²) in [6.07, 6.45) is 0.516. The largest absolute Gasteiger partial charge is 0.478 e. The summed E-state index contributed by atoms with van der Waals surface area (Å²) in [7, 11) is -1.52. The number of H-pyrrole nitrogens is 1. The Morgan fingerprint density at radius 2 is 2.23 bits per heavy atom. The summed E-state index contributed by atoms with van der Waals surface area (Å²) in [6.45, 7) is 4.36. The molecule has 0 aromatic carbocycles. The Bertz CT molecular complexity index is 1270. The first-order chi connectivity index (χ1) is 16.5. The number of carboxylic acid groups (broad SMARTS) is 1. The van der Waals surface area contributed by atoms with E-state index < -0.39 is 45.6 Å². The molecule has 1 saturated heterocycles. The van der Waals surface area contributed by atoms with Crippen molar-refractivity contribution in [2.75, 3.05) is 11.5 Å². The molecule has 0 radical (unpaired) electrons. The van der Waals surface area contributed by atoms with Gasteiger partial charge in [0.05, 0.1) is 16.5 Å². The molecule has 15 nitrogen and oxygen atoms in total. The number of nitrogens with one attached hydrogen (secondary N) is 2. The fourth-order valence-electron chi connectivity index (χ4n) is 3.41. The van der Waals surface area contributed by atoms with Crippen molar-refractivity contribution in [2.45, 2.75) is 44.2 Å². The fourth-order valence-corrected chi connectivity index (χ4v) is 5.74. The number of fused-ring (bicyclic) bond motifs is 1. The zero-order chi connectivity index (χ0) is 25.5. The monoisotopic (exact) mass is 523 g/mol. The van der Waals surface area contributed by atoms with E-state index in [1.165, 1.54) is 24.1 Å². The highest BCUT2D eigenvalue weighted by molar-refractivity contribution is 7.86. The smallest absolute Gasteiger partial charge is 0.350 e.